The van der Waals surface area contributed by atoms with Gasteiger partial charge in [-0.3, -0.25) is 0 Å². The summed E-state index contributed by atoms with van der Waals surface area (Å²) in [5, 5.41) is 6.22. The van der Waals surface area contributed by atoms with Gasteiger partial charge in [-0.2, -0.15) is 0 Å². The average Bonchev–Trinajstić information content (AvgIpc) is 3.68. The number of fused-ring (bicyclic) bond motifs is 7. The van der Waals surface area contributed by atoms with Crippen LogP contribution in [0.4, 0.5) is 0 Å². The van der Waals surface area contributed by atoms with E-state index in [9.17, 15) is 0 Å². The highest BCUT2D eigenvalue weighted by molar-refractivity contribution is 7.26. The van der Waals surface area contributed by atoms with Crippen LogP contribution in [0.3, 0.4) is 0 Å². The van der Waals surface area contributed by atoms with E-state index in [1.54, 1.807) is 0 Å². The van der Waals surface area contributed by atoms with Gasteiger partial charge in [-0.25, -0.2) is 15.0 Å². The smallest absolute Gasteiger partial charge is 0.160 e. The van der Waals surface area contributed by atoms with Crippen LogP contribution in [0.1, 0.15) is 0 Å². The Bertz CT molecular complexity index is 3210. The lowest BCUT2D eigenvalue weighted by molar-refractivity contribution is 1.18. The van der Waals surface area contributed by atoms with Gasteiger partial charge in [-0.05, 0) is 52.6 Å². The van der Waals surface area contributed by atoms with E-state index in [1.807, 2.05) is 47.7 Å². The lowest BCUT2D eigenvalue weighted by Gasteiger charge is -2.13. The van der Waals surface area contributed by atoms with Crippen molar-refractivity contribution in [1.82, 2.24) is 15.0 Å². The Hall–Kier alpha value is -7.27. The second-order valence-electron chi connectivity index (χ2n) is 14.4. The second kappa shape index (κ2) is 13.8. The van der Waals surface area contributed by atoms with Crippen LogP contribution in [0, 0.1) is 0 Å². The van der Waals surface area contributed by atoms with E-state index in [0.717, 1.165) is 67.1 Å². The molecule has 0 spiro atoms. The number of thiophene rings is 1. The molecule has 11 rings (SSSR count). The normalized spacial score (nSPS) is 11.5. The molecule has 0 amide bonds. The molecule has 0 aliphatic heterocycles. The zero-order valence-corrected chi connectivity index (χ0v) is 31.6. The van der Waals surface area contributed by atoms with Crippen LogP contribution in [-0.2, 0) is 0 Å². The Labute approximate surface area is 334 Å². The number of nitrogens with zero attached hydrogens (tertiary/aromatic N) is 3. The van der Waals surface area contributed by atoms with Crippen molar-refractivity contribution in [3.05, 3.63) is 200 Å². The quantitative estimate of drug-likeness (QED) is 0.159. The molecule has 0 aliphatic carbocycles. The van der Waals surface area contributed by atoms with Crippen molar-refractivity contribution >= 4 is 53.2 Å². The molecule has 57 heavy (non-hydrogen) atoms. The summed E-state index contributed by atoms with van der Waals surface area (Å²) in [6.45, 7) is 0. The monoisotopic (exact) mass is 743 g/mol. The molecule has 0 aliphatic rings. The van der Waals surface area contributed by atoms with Gasteiger partial charge in [0, 0.05) is 58.6 Å². The van der Waals surface area contributed by atoms with Gasteiger partial charge in [0.2, 0.25) is 0 Å². The zero-order valence-electron chi connectivity index (χ0n) is 30.8. The molecular weight excluding hydrogens is 711 g/mol. The predicted octanol–water partition coefficient (Wildman–Crippen LogP) is 14.5. The van der Waals surface area contributed by atoms with Crippen LogP contribution in [0.2, 0.25) is 0 Å². The zero-order chi connectivity index (χ0) is 37.7. The first-order chi connectivity index (χ1) is 28.2. The maximum absolute atomic E-state index is 5.39. The summed E-state index contributed by atoms with van der Waals surface area (Å²) in [7, 11) is 0. The first kappa shape index (κ1) is 33.1. The van der Waals surface area contributed by atoms with E-state index in [0.29, 0.717) is 5.82 Å². The van der Waals surface area contributed by atoms with Crippen molar-refractivity contribution in [2.24, 2.45) is 0 Å². The molecule has 0 radical (unpaired) electrons. The summed E-state index contributed by atoms with van der Waals surface area (Å²) in [5.74, 6) is 0.714. The summed E-state index contributed by atoms with van der Waals surface area (Å²) in [5.41, 5.74) is 12.6. The van der Waals surface area contributed by atoms with Crippen LogP contribution in [0.5, 0.6) is 0 Å². The summed E-state index contributed by atoms with van der Waals surface area (Å²) in [6.07, 6.45) is 0. The average molecular weight is 744 g/mol. The third kappa shape index (κ3) is 5.95. The van der Waals surface area contributed by atoms with Crippen molar-refractivity contribution in [3.63, 3.8) is 0 Å². The van der Waals surface area contributed by atoms with Gasteiger partial charge in [0.15, 0.2) is 5.82 Å². The molecule has 0 bridgehead atoms. The van der Waals surface area contributed by atoms with E-state index in [2.05, 4.69) is 164 Å². The van der Waals surface area contributed by atoms with Crippen molar-refractivity contribution in [1.29, 1.82) is 0 Å². The highest BCUT2D eigenvalue weighted by Crippen LogP contribution is 2.44. The highest BCUT2D eigenvalue weighted by atomic mass is 32.1. The van der Waals surface area contributed by atoms with Gasteiger partial charge < -0.3 is 0 Å². The third-order valence-corrected chi connectivity index (χ3v) is 12.0. The Morgan fingerprint density at radius 1 is 0.298 bits per heavy atom. The molecule has 266 valence electrons. The predicted molar refractivity (Wildman–Crippen MR) is 240 cm³/mol. The molecule has 3 heterocycles. The minimum atomic E-state index is 0.714. The van der Waals surface area contributed by atoms with Gasteiger partial charge in [0.05, 0.1) is 22.6 Å². The fourth-order valence-corrected chi connectivity index (χ4v) is 9.20. The van der Waals surface area contributed by atoms with Gasteiger partial charge in [-0.15, -0.1) is 11.3 Å². The number of hydrogen-bond donors (Lipinski definition) is 0. The van der Waals surface area contributed by atoms with E-state index >= 15 is 0 Å². The maximum Gasteiger partial charge on any atom is 0.160 e. The van der Waals surface area contributed by atoms with Gasteiger partial charge in [-0.1, -0.05) is 170 Å². The molecule has 0 unspecified atom stereocenters. The number of benzene rings is 8. The minimum Gasteiger partial charge on any atom is -0.247 e. The maximum atomic E-state index is 5.39. The van der Waals surface area contributed by atoms with Crippen LogP contribution in [0.25, 0.3) is 109 Å². The topological polar surface area (TPSA) is 38.7 Å². The molecule has 11 aromatic rings. The standard InChI is InChI=1S/C53H33N3S/c1-4-13-35(14-5-1)45-33-46(56-53(55-45)38-17-8-3-9-18-38)36-25-23-34(24-26-36)39-19-12-20-40(31-39)41-27-28-42-47(32-41)54-52(37-15-6-2-7-16-37)44-29-30-49-51(50(42)44)43-21-10-11-22-48(43)57-49/h1-33H. The SMILES string of the molecule is c1ccc(-c2cc(-c3ccc(-c4cccc(-c5ccc6c(c5)nc(-c5ccccc5)c5ccc7sc8ccccc8c7c56)c4)cc3)nc(-c3ccccc3)n2)cc1. The van der Waals surface area contributed by atoms with Crippen LogP contribution >= 0.6 is 11.3 Å². The largest absolute Gasteiger partial charge is 0.247 e. The third-order valence-electron chi connectivity index (χ3n) is 10.9. The minimum absolute atomic E-state index is 0.714. The van der Waals surface area contributed by atoms with Crippen LogP contribution < -0.4 is 0 Å². The van der Waals surface area contributed by atoms with Crippen molar-refractivity contribution in [2.45, 2.75) is 0 Å². The molecule has 0 atom stereocenters. The highest BCUT2D eigenvalue weighted by Gasteiger charge is 2.17. The molecular formula is C53H33N3S. The van der Waals surface area contributed by atoms with Crippen molar-refractivity contribution in [3.8, 4) is 67.4 Å². The van der Waals surface area contributed by atoms with E-state index in [1.165, 1.54) is 36.3 Å². The summed E-state index contributed by atoms with van der Waals surface area (Å²) < 4.78 is 2.60. The number of aromatic nitrogens is 3. The van der Waals surface area contributed by atoms with E-state index < -0.39 is 0 Å². The summed E-state index contributed by atoms with van der Waals surface area (Å²) in [6, 6.07) is 70.8. The fourth-order valence-electron chi connectivity index (χ4n) is 8.09. The van der Waals surface area contributed by atoms with Gasteiger partial charge >= 0.3 is 0 Å². The van der Waals surface area contributed by atoms with Gasteiger partial charge in [0.25, 0.3) is 0 Å². The Balaban J connectivity index is 0.995. The molecule has 0 N–H and O–H groups in total. The molecule has 0 fully saturated rings. The van der Waals surface area contributed by atoms with Crippen molar-refractivity contribution < 1.29 is 0 Å². The molecule has 3 nitrogen and oxygen atoms in total. The lowest BCUT2D eigenvalue weighted by Crippen LogP contribution is -1.95. The molecule has 8 aromatic carbocycles. The lowest BCUT2D eigenvalue weighted by atomic mass is 9.94. The van der Waals surface area contributed by atoms with Crippen LogP contribution in [0.15, 0.2) is 200 Å². The number of hydrogen-bond acceptors (Lipinski definition) is 4. The van der Waals surface area contributed by atoms with Crippen molar-refractivity contribution in [2.75, 3.05) is 0 Å². The Kier molecular flexibility index (Phi) is 8.01. The van der Waals surface area contributed by atoms with Crippen LogP contribution in [-0.4, -0.2) is 15.0 Å². The molecule has 0 saturated carbocycles. The first-order valence-corrected chi connectivity index (χ1v) is 20.0. The number of pyridine rings is 1. The second-order valence-corrected chi connectivity index (χ2v) is 15.5. The number of rotatable bonds is 6. The Morgan fingerprint density at radius 2 is 0.842 bits per heavy atom. The van der Waals surface area contributed by atoms with Gasteiger partial charge in [0.1, 0.15) is 0 Å². The first-order valence-electron chi connectivity index (χ1n) is 19.2. The van der Waals surface area contributed by atoms with E-state index in [4.69, 9.17) is 15.0 Å². The van der Waals surface area contributed by atoms with E-state index in [-0.39, 0.29) is 0 Å². The Morgan fingerprint density at radius 3 is 1.58 bits per heavy atom. The molecule has 0 saturated heterocycles. The fraction of sp³-hybridized carbons (Fsp3) is 0. The molecule has 3 aromatic heterocycles. The summed E-state index contributed by atoms with van der Waals surface area (Å²) in [4.78, 5) is 15.4. The summed E-state index contributed by atoms with van der Waals surface area (Å²) >= 11 is 1.86. The molecule has 4 heteroatoms.